The zero-order valence-corrected chi connectivity index (χ0v) is 7.55. The maximum atomic E-state index is 10.4. The summed E-state index contributed by atoms with van der Waals surface area (Å²) in [6.07, 6.45) is 0.686. The molecule has 1 aromatic carbocycles. The highest BCUT2D eigenvalue weighted by Gasteiger charge is 2.04. The summed E-state index contributed by atoms with van der Waals surface area (Å²) in [7, 11) is 0. The van der Waals surface area contributed by atoms with Crippen LogP contribution < -0.4 is 4.74 Å². The third kappa shape index (κ3) is 2.40. The van der Waals surface area contributed by atoms with E-state index in [9.17, 15) is 4.79 Å². The molecule has 64 valence electrons. The van der Waals surface area contributed by atoms with Crippen molar-refractivity contribution in [2.75, 3.05) is 0 Å². The smallest absolute Gasteiger partial charge is 0.247 e. The highest BCUT2D eigenvalue weighted by molar-refractivity contribution is 6.43. The number of rotatable bonds is 3. The molecular formula is C8H6Cl2O2. The number of aldehydes is 1. The van der Waals surface area contributed by atoms with Crippen LogP contribution in [0.1, 0.15) is 10.4 Å². The van der Waals surface area contributed by atoms with Gasteiger partial charge in [0.1, 0.15) is 5.75 Å². The van der Waals surface area contributed by atoms with Crippen molar-refractivity contribution >= 4 is 29.5 Å². The standard InChI is InChI=1S/C8H6Cl2O2/c9-8(10)12-7-4-2-1-3-6(7)5-11/h1-5,8H. The van der Waals surface area contributed by atoms with Gasteiger partial charge in [0.05, 0.1) is 5.56 Å². The maximum absolute atomic E-state index is 10.4. The molecule has 0 atom stereocenters. The van der Waals surface area contributed by atoms with E-state index >= 15 is 0 Å². The maximum Gasteiger partial charge on any atom is 0.247 e. The quantitative estimate of drug-likeness (QED) is 0.560. The fourth-order valence-corrected chi connectivity index (χ4v) is 0.973. The molecule has 0 bridgehead atoms. The van der Waals surface area contributed by atoms with E-state index in [1.54, 1.807) is 24.3 Å². The predicted octanol–water partition coefficient (Wildman–Crippen LogP) is 2.64. The van der Waals surface area contributed by atoms with Gasteiger partial charge < -0.3 is 4.74 Å². The normalized spacial score (nSPS) is 9.92. The minimum atomic E-state index is -0.953. The number of alkyl halides is 2. The van der Waals surface area contributed by atoms with Gasteiger partial charge in [-0.15, -0.1) is 0 Å². The molecule has 0 fully saturated rings. The van der Waals surface area contributed by atoms with Crippen LogP contribution in [0.3, 0.4) is 0 Å². The molecule has 2 nitrogen and oxygen atoms in total. The number of benzene rings is 1. The van der Waals surface area contributed by atoms with Crippen LogP contribution in [0.25, 0.3) is 0 Å². The first kappa shape index (κ1) is 9.36. The molecule has 0 aliphatic heterocycles. The summed E-state index contributed by atoms with van der Waals surface area (Å²) in [5, 5.41) is -0.953. The van der Waals surface area contributed by atoms with E-state index in [-0.39, 0.29) is 0 Å². The molecule has 0 saturated heterocycles. The van der Waals surface area contributed by atoms with Crippen molar-refractivity contribution in [1.82, 2.24) is 0 Å². The lowest BCUT2D eigenvalue weighted by atomic mass is 10.2. The average molecular weight is 205 g/mol. The summed E-state index contributed by atoms with van der Waals surface area (Å²) in [4.78, 5) is 10.4. The van der Waals surface area contributed by atoms with E-state index in [1.165, 1.54) is 0 Å². The molecule has 1 rings (SSSR count). The van der Waals surface area contributed by atoms with Gasteiger partial charge in [-0.1, -0.05) is 35.3 Å². The van der Waals surface area contributed by atoms with Crippen molar-refractivity contribution in [3.63, 3.8) is 0 Å². The number of carbonyl (C=O) groups excluding carboxylic acids is 1. The molecule has 0 saturated carbocycles. The van der Waals surface area contributed by atoms with Crippen LogP contribution in [0.5, 0.6) is 5.75 Å². The van der Waals surface area contributed by atoms with Crippen molar-refractivity contribution in [2.45, 2.75) is 5.02 Å². The number of para-hydroxylation sites is 1. The second-order valence-electron chi connectivity index (χ2n) is 2.03. The summed E-state index contributed by atoms with van der Waals surface area (Å²) in [5.41, 5.74) is 0.434. The summed E-state index contributed by atoms with van der Waals surface area (Å²) in [6, 6.07) is 6.71. The van der Waals surface area contributed by atoms with Gasteiger partial charge in [-0.2, -0.15) is 0 Å². The Hall–Kier alpha value is -0.730. The molecule has 0 radical (unpaired) electrons. The summed E-state index contributed by atoms with van der Waals surface area (Å²) in [5.74, 6) is 0.391. The molecule has 0 N–H and O–H groups in total. The third-order valence-corrected chi connectivity index (χ3v) is 1.44. The van der Waals surface area contributed by atoms with Gasteiger partial charge in [0.25, 0.3) is 0 Å². The van der Waals surface area contributed by atoms with E-state index in [0.717, 1.165) is 0 Å². The van der Waals surface area contributed by atoms with E-state index < -0.39 is 5.02 Å². The second-order valence-corrected chi connectivity index (χ2v) is 3.05. The number of carbonyl (C=O) groups is 1. The molecule has 1 aromatic rings. The number of halogens is 2. The van der Waals surface area contributed by atoms with Gasteiger partial charge in [0.15, 0.2) is 6.29 Å². The Bertz CT molecular complexity index is 274. The van der Waals surface area contributed by atoms with Gasteiger partial charge >= 0.3 is 0 Å². The van der Waals surface area contributed by atoms with Crippen LogP contribution in [0.2, 0.25) is 0 Å². The first-order valence-electron chi connectivity index (χ1n) is 3.23. The van der Waals surface area contributed by atoms with Crippen molar-refractivity contribution < 1.29 is 9.53 Å². The second kappa shape index (κ2) is 4.33. The Morgan fingerprint density at radius 2 is 2.00 bits per heavy atom. The lowest BCUT2D eigenvalue weighted by molar-refractivity contribution is 0.112. The van der Waals surface area contributed by atoms with Crippen LogP contribution in [-0.2, 0) is 0 Å². The molecule has 0 spiro atoms. The van der Waals surface area contributed by atoms with Gasteiger partial charge in [0, 0.05) is 0 Å². The Labute approximate surface area is 80.0 Å². The van der Waals surface area contributed by atoms with E-state index in [1.807, 2.05) is 0 Å². The zero-order chi connectivity index (χ0) is 8.97. The molecule has 0 aromatic heterocycles. The van der Waals surface area contributed by atoms with Crippen molar-refractivity contribution in [3.8, 4) is 5.75 Å². The average Bonchev–Trinajstić information content (AvgIpc) is 2.04. The fourth-order valence-electron chi connectivity index (χ4n) is 0.781. The van der Waals surface area contributed by atoms with Crippen molar-refractivity contribution in [1.29, 1.82) is 0 Å². The summed E-state index contributed by atoms with van der Waals surface area (Å²) in [6.45, 7) is 0. The molecule has 4 heteroatoms. The molecule has 12 heavy (non-hydrogen) atoms. The van der Waals surface area contributed by atoms with Gasteiger partial charge in [0.2, 0.25) is 5.02 Å². The molecular weight excluding hydrogens is 199 g/mol. The Balaban J connectivity index is 2.89. The van der Waals surface area contributed by atoms with Crippen molar-refractivity contribution in [2.24, 2.45) is 0 Å². The number of hydrogen-bond acceptors (Lipinski definition) is 2. The largest absolute Gasteiger partial charge is 0.460 e. The number of hydrogen-bond donors (Lipinski definition) is 0. The molecule has 0 aliphatic carbocycles. The molecule has 0 amide bonds. The van der Waals surface area contributed by atoms with Gasteiger partial charge in [-0.25, -0.2) is 0 Å². The highest BCUT2D eigenvalue weighted by atomic mass is 35.5. The van der Waals surface area contributed by atoms with E-state index in [2.05, 4.69) is 0 Å². The molecule has 0 aliphatic rings. The Morgan fingerprint density at radius 1 is 1.33 bits per heavy atom. The zero-order valence-electron chi connectivity index (χ0n) is 6.04. The van der Waals surface area contributed by atoms with Crippen LogP contribution in [-0.4, -0.2) is 11.3 Å². The van der Waals surface area contributed by atoms with Gasteiger partial charge in [-0.05, 0) is 12.1 Å². The Morgan fingerprint density at radius 3 is 2.58 bits per heavy atom. The van der Waals surface area contributed by atoms with E-state index in [4.69, 9.17) is 27.9 Å². The van der Waals surface area contributed by atoms with Crippen LogP contribution in [0.4, 0.5) is 0 Å². The van der Waals surface area contributed by atoms with Crippen LogP contribution in [0, 0.1) is 0 Å². The highest BCUT2D eigenvalue weighted by Crippen LogP contribution is 2.19. The molecule has 0 unspecified atom stereocenters. The summed E-state index contributed by atoms with van der Waals surface area (Å²) >= 11 is 10.7. The van der Waals surface area contributed by atoms with Crippen molar-refractivity contribution in [3.05, 3.63) is 29.8 Å². The SMILES string of the molecule is O=Cc1ccccc1OC(Cl)Cl. The lowest BCUT2D eigenvalue weighted by Gasteiger charge is -2.07. The summed E-state index contributed by atoms with van der Waals surface area (Å²) < 4.78 is 4.94. The minimum absolute atomic E-state index is 0.391. The predicted molar refractivity (Wildman–Crippen MR) is 48.0 cm³/mol. The number of ether oxygens (including phenoxy) is 1. The first-order chi connectivity index (χ1) is 5.74. The van der Waals surface area contributed by atoms with Crippen LogP contribution in [0.15, 0.2) is 24.3 Å². The topological polar surface area (TPSA) is 26.3 Å². The first-order valence-corrected chi connectivity index (χ1v) is 4.10. The van der Waals surface area contributed by atoms with Crippen LogP contribution >= 0.6 is 23.2 Å². The minimum Gasteiger partial charge on any atom is -0.460 e. The lowest BCUT2D eigenvalue weighted by Crippen LogP contribution is -2.01. The molecule has 0 heterocycles. The monoisotopic (exact) mass is 204 g/mol. The third-order valence-electron chi connectivity index (χ3n) is 1.26. The van der Waals surface area contributed by atoms with E-state index in [0.29, 0.717) is 17.6 Å². The Kier molecular flexibility index (Phi) is 3.38. The fraction of sp³-hybridized carbons (Fsp3) is 0.125. The van der Waals surface area contributed by atoms with Gasteiger partial charge in [-0.3, -0.25) is 4.79 Å².